The molecule has 46 heavy (non-hydrogen) atoms. The highest BCUT2D eigenvalue weighted by molar-refractivity contribution is 6.03. The summed E-state index contributed by atoms with van der Waals surface area (Å²) in [6.45, 7) is 5.69. The van der Waals surface area contributed by atoms with Crippen molar-refractivity contribution >= 4 is 53.7 Å². The summed E-state index contributed by atoms with van der Waals surface area (Å²) in [7, 11) is 1.38. The Balaban J connectivity index is 0.000000238. The minimum absolute atomic E-state index is 0.0618. The summed E-state index contributed by atoms with van der Waals surface area (Å²) in [4.78, 5) is 112. The number of imide groups is 3. The summed E-state index contributed by atoms with van der Waals surface area (Å²) in [5, 5.41) is 9.95. The molecule has 3 aliphatic heterocycles. The second kappa shape index (κ2) is 16.6. The van der Waals surface area contributed by atoms with Crippen molar-refractivity contribution in [2.45, 2.75) is 115 Å². The van der Waals surface area contributed by atoms with Gasteiger partial charge in [0.1, 0.15) is 5.60 Å². The van der Waals surface area contributed by atoms with Gasteiger partial charge in [0, 0.05) is 44.9 Å². The van der Waals surface area contributed by atoms with Crippen molar-refractivity contribution in [1.82, 2.24) is 15.2 Å². The first-order valence-corrected chi connectivity index (χ1v) is 14.8. The van der Waals surface area contributed by atoms with E-state index >= 15 is 0 Å². The SMILES string of the molecule is CCC(=O)OC.CCC1(O)CC1.CCC1(OC(=O)ON2C(=O)CCC2=O)CC1.O=C(ON1C(=O)CCC1=O)ON1C(=O)CCC1=O. The number of amides is 6. The smallest absolute Gasteiger partial charge is 0.469 e. The number of esters is 1. The predicted molar refractivity (Wildman–Crippen MR) is 147 cm³/mol. The van der Waals surface area contributed by atoms with Crippen molar-refractivity contribution in [3.63, 3.8) is 0 Å². The number of hydroxylamine groups is 6. The maximum absolute atomic E-state index is 11.3. The fourth-order valence-corrected chi connectivity index (χ4v) is 3.72. The van der Waals surface area contributed by atoms with Gasteiger partial charge in [-0.15, -0.1) is 0 Å². The van der Waals surface area contributed by atoms with Gasteiger partial charge in [0.2, 0.25) is 0 Å². The number of aliphatic hydroxyl groups is 1. The highest BCUT2D eigenvalue weighted by Crippen LogP contribution is 2.42. The summed E-state index contributed by atoms with van der Waals surface area (Å²) in [6, 6.07) is 0. The molecule has 6 amide bonds. The van der Waals surface area contributed by atoms with Gasteiger partial charge in [-0.2, -0.15) is 4.79 Å². The number of hydrogen-bond donors (Lipinski definition) is 1. The molecule has 18 heteroatoms. The lowest BCUT2D eigenvalue weighted by atomic mass is 10.3. The second-order valence-electron chi connectivity index (χ2n) is 10.7. The van der Waals surface area contributed by atoms with E-state index < -0.39 is 53.4 Å². The van der Waals surface area contributed by atoms with E-state index in [0.717, 1.165) is 32.1 Å². The fraction of sp³-hybridized carbons (Fsp3) is 0.679. The molecular formula is C28H39N3O15. The van der Waals surface area contributed by atoms with E-state index in [2.05, 4.69) is 19.2 Å². The topological polar surface area (TPSA) is 230 Å². The lowest BCUT2D eigenvalue weighted by Crippen LogP contribution is -2.37. The molecule has 3 saturated heterocycles. The van der Waals surface area contributed by atoms with Crippen molar-refractivity contribution < 1.29 is 72.2 Å². The predicted octanol–water partition coefficient (Wildman–Crippen LogP) is 1.90. The Hall–Kier alpha value is -4.61. The molecule has 0 atom stereocenters. The number of hydrogen-bond acceptors (Lipinski definition) is 15. The molecule has 1 N–H and O–H groups in total. The summed E-state index contributed by atoms with van der Waals surface area (Å²) in [5.41, 5.74) is -0.636. The third kappa shape index (κ3) is 11.4. The van der Waals surface area contributed by atoms with Crippen molar-refractivity contribution in [2.75, 3.05) is 7.11 Å². The van der Waals surface area contributed by atoms with Crippen LogP contribution in [0.4, 0.5) is 9.59 Å². The zero-order valence-electron chi connectivity index (χ0n) is 26.2. The van der Waals surface area contributed by atoms with E-state index in [9.17, 15) is 43.2 Å². The van der Waals surface area contributed by atoms with Crippen LogP contribution in [-0.4, -0.2) is 92.3 Å². The Morgan fingerprint density at radius 2 is 0.957 bits per heavy atom. The molecule has 0 radical (unpaired) electrons. The van der Waals surface area contributed by atoms with Crippen LogP contribution in [0.1, 0.15) is 104 Å². The van der Waals surface area contributed by atoms with E-state index in [1.54, 1.807) is 6.92 Å². The van der Waals surface area contributed by atoms with Crippen LogP contribution >= 0.6 is 0 Å². The average molecular weight is 658 g/mol. The van der Waals surface area contributed by atoms with Crippen molar-refractivity contribution in [3.05, 3.63) is 0 Å². The molecule has 0 aromatic rings. The number of rotatable bonds is 7. The Morgan fingerprint density at radius 3 is 1.15 bits per heavy atom. The van der Waals surface area contributed by atoms with E-state index in [1.165, 1.54) is 7.11 Å². The largest absolute Gasteiger partial charge is 0.560 e. The van der Waals surface area contributed by atoms with Crippen LogP contribution < -0.4 is 0 Å². The minimum atomic E-state index is -1.48. The lowest BCUT2D eigenvalue weighted by Gasteiger charge is -2.16. The van der Waals surface area contributed by atoms with Gasteiger partial charge in [-0.3, -0.25) is 48.1 Å². The number of carbonyl (C=O) groups excluding carboxylic acids is 9. The monoisotopic (exact) mass is 657 g/mol. The zero-order chi connectivity index (χ0) is 34.7. The summed E-state index contributed by atoms with van der Waals surface area (Å²) >= 11 is 0. The fourth-order valence-electron chi connectivity index (χ4n) is 3.72. The van der Waals surface area contributed by atoms with E-state index in [0.29, 0.717) is 17.9 Å². The van der Waals surface area contributed by atoms with Gasteiger partial charge in [-0.05, 0) is 38.5 Å². The third-order valence-electron chi connectivity index (χ3n) is 7.27. The molecular weight excluding hydrogens is 618 g/mol. The van der Waals surface area contributed by atoms with Crippen LogP contribution in [0.3, 0.4) is 0 Å². The normalized spacial score (nSPS) is 20.0. The third-order valence-corrected chi connectivity index (χ3v) is 7.27. The van der Waals surface area contributed by atoms with Gasteiger partial charge in [-0.1, -0.05) is 36.0 Å². The standard InChI is InChI=1S/C10H13NO5.C9H8N2O7.C5H10O.C4H8O2/c1-2-10(5-6-10)15-9(14)16-11-7(12)3-4-8(11)13;12-5-1-2-6(13)10(5)17-9(16)18-11-7(14)3-4-8(11)15;1-2-5(6)3-4-5;1-3-4(5)6-2/h2-6H2,1H3;1-4H2;6H,2-4H2,1H3;3H2,1-2H3. The molecule has 5 rings (SSSR count). The Morgan fingerprint density at radius 1 is 0.609 bits per heavy atom. The Kier molecular flexibility index (Phi) is 13.6. The van der Waals surface area contributed by atoms with E-state index in [4.69, 9.17) is 9.84 Å². The molecule has 3 heterocycles. The molecule has 256 valence electrons. The van der Waals surface area contributed by atoms with Gasteiger partial charge in [0.25, 0.3) is 35.4 Å². The average Bonchev–Trinajstić information content (AvgIpc) is 3.90. The highest BCUT2D eigenvalue weighted by Gasteiger charge is 2.47. The number of methoxy groups -OCH3 is 1. The molecule has 5 fully saturated rings. The Labute approximate surface area is 264 Å². The first-order chi connectivity index (χ1) is 21.6. The second-order valence-corrected chi connectivity index (χ2v) is 10.7. The zero-order valence-corrected chi connectivity index (χ0v) is 26.2. The van der Waals surface area contributed by atoms with Crippen molar-refractivity contribution in [2.24, 2.45) is 0 Å². The molecule has 5 aliphatic rings. The lowest BCUT2D eigenvalue weighted by molar-refractivity contribution is -0.198. The van der Waals surface area contributed by atoms with Gasteiger partial charge >= 0.3 is 18.3 Å². The summed E-state index contributed by atoms with van der Waals surface area (Å²) < 4.78 is 9.31. The van der Waals surface area contributed by atoms with E-state index in [1.807, 2.05) is 13.8 Å². The molecule has 2 aliphatic carbocycles. The Bertz CT molecular complexity index is 1130. The van der Waals surface area contributed by atoms with Gasteiger partial charge in [-0.25, -0.2) is 4.79 Å². The summed E-state index contributed by atoms with van der Waals surface area (Å²) in [6.07, 6.45) is 3.27. The number of ether oxygens (including phenoxy) is 2. The minimum Gasteiger partial charge on any atom is -0.469 e. The highest BCUT2D eigenvalue weighted by atomic mass is 16.9. The van der Waals surface area contributed by atoms with Crippen LogP contribution in [-0.2, 0) is 57.5 Å². The van der Waals surface area contributed by atoms with Crippen LogP contribution in [0.25, 0.3) is 0 Å². The number of carbonyl (C=O) groups is 9. The molecule has 0 aromatic heterocycles. The first-order valence-electron chi connectivity index (χ1n) is 14.8. The molecule has 0 spiro atoms. The molecule has 0 aromatic carbocycles. The van der Waals surface area contributed by atoms with Gasteiger partial charge < -0.3 is 14.6 Å². The molecule has 0 bridgehead atoms. The molecule has 18 nitrogen and oxygen atoms in total. The van der Waals surface area contributed by atoms with Crippen molar-refractivity contribution in [3.8, 4) is 0 Å². The van der Waals surface area contributed by atoms with Crippen LogP contribution in [0, 0.1) is 0 Å². The van der Waals surface area contributed by atoms with Crippen LogP contribution in [0.2, 0.25) is 0 Å². The maximum Gasteiger partial charge on any atom is 0.560 e. The van der Waals surface area contributed by atoms with Crippen LogP contribution in [0.5, 0.6) is 0 Å². The quantitative estimate of drug-likeness (QED) is 0.304. The summed E-state index contributed by atoms with van der Waals surface area (Å²) in [5.74, 6) is -3.89. The molecule has 0 unspecified atom stereocenters. The van der Waals surface area contributed by atoms with Gasteiger partial charge in [0.15, 0.2) is 0 Å². The molecule has 2 saturated carbocycles. The van der Waals surface area contributed by atoms with Crippen LogP contribution in [0.15, 0.2) is 0 Å². The first kappa shape index (κ1) is 37.6. The van der Waals surface area contributed by atoms with E-state index in [-0.39, 0.29) is 60.2 Å². The number of nitrogens with zero attached hydrogens (tertiary/aromatic N) is 3. The van der Waals surface area contributed by atoms with Gasteiger partial charge in [0.05, 0.1) is 12.7 Å². The van der Waals surface area contributed by atoms with Crippen molar-refractivity contribution in [1.29, 1.82) is 0 Å². The maximum atomic E-state index is 11.3.